The van der Waals surface area contributed by atoms with Crippen LogP contribution in [0.5, 0.6) is 0 Å². The number of hydrogen-bond acceptors (Lipinski definition) is 4. The van der Waals surface area contributed by atoms with E-state index in [4.69, 9.17) is 4.74 Å². The van der Waals surface area contributed by atoms with Crippen LogP contribution in [0.3, 0.4) is 0 Å². The zero-order valence-electron chi connectivity index (χ0n) is 13.3. The number of aryl methyl sites for hydroxylation is 2. The van der Waals surface area contributed by atoms with Gasteiger partial charge in [-0.1, -0.05) is 43.2 Å². The molecule has 1 rings (SSSR count). The van der Waals surface area contributed by atoms with Gasteiger partial charge in [-0.15, -0.1) is 0 Å². The van der Waals surface area contributed by atoms with Gasteiger partial charge in [0.15, 0.2) is 0 Å². The van der Waals surface area contributed by atoms with Crippen LogP contribution < -0.4 is 5.32 Å². The minimum atomic E-state index is -0.941. The Labute approximate surface area is 130 Å². The van der Waals surface area contributed by atoms with E-state index in [2.05, 4.69) is 31.3 Å². The fourth-order valence-electron chi connectivity index (χ4n) is 2.09. The van der Waals surface area contributed by atoms with Crippen molar-refractivity contribution < 1.29 is 14.1 Å². The third kappa shape index (κ3) is 5.59. The molecule has 4 nitrogen and oxygen atoms in total. The van der Waals surface area contributed by atoms with Crippen LogP contribution in [0.25, 0.3) is 0 Å². The number of carbonyl (C=O) groups is 1. The molecule has 5 heteroatoms. The lowest BCUT2D eigenvalue weighted by Crippen LogP contribution is -2.30. The van der Waals surface area contributed by atoms with Crippen molar-refractivity contribution >= 4 is 22.8 Å². The summed E-state index contributed by atoms with van der Waals surface area (Å²) in [6.07, 6.45) is 3.42. The molecule has 0 spiro atoms. The van der Waals surface area contributed by atoms with Gasteiger partial charge in [-0.3, -0.25) is 0 Å². The number of anilines is 1. The Morgan fingerprint density at radius 1 is 1.33 bits per heavy atom. The van der Waals surface area contributed by atoms with Crippen molar-refractivity contribution in [3.05, 3.63) is 29.3 Å². The number of rotatable bonds is 8. The van der Waals surface area contributed by atoms with Gasteiger partial charge in [0, 0.05) is 5.69 Å². The first kappa shape index (κ1) is 17.9. The van der Waals surface area contributed by atoms with Crippen molar-refractivity contribution in [2.24, 2.45) is 0 Å². The van der Waals surface area contributed by atoms with Crippen molar-refractivity contribution in [1.29, 1.82) is 0 Å². The number of carbonyl (C=O) groups excluding carboxylic acids is 1. The molecule has 0 aromatic heterocycles. The molecular weight excluding hydrogens is 286 g/mol. The smallest absolute Gasteiger partial charge is 0.328 e. The van der Waals surface area contributed by atoms with Gasteiger partial charge in [-0.25, -0.2) is 4.79 Å². The lowest BCUT2D eigenvalue weighted by molar-refractivity contribution is -0.143. The summed E-state index contributed by atoms with van der Waals surface area (Å²) in [4.78, 5) is 11.9. The molecule has 1 unspecified atom stereocenters. The van der Waals surface area contributed by atoms with Crippen LogP contribution in [0.4, 0.5) is 5.69 Å². The van der Waals surface area contributed by atoms with Crippen molar-refractivity contribution in [2.45, 2.75) is 39.7 Å². The quantitative estimate of drug-likeness (QED) is 0.592. The molecule has 0 saturated carbocycles. The predicted molar refractivity (Wildman–Crippen MR) is 88.2 cm³/mol. The molecule has 0 aliphatic rings. The summed E-state index contributed by atoms with van der Waals surface area (Å²) in [6.45, 7) is 6.18. The van der Waals surface area contributed by atoms with Crippen LogP contribution >= 0.6 is 0 Å². The molecule has 0 amide bonds. The van der Waals surface area contributed by atoms with Crippen molar-refractivity contribution in [2.75, 3.05) is 23.9 Å². The van der Waals surface area contributed by atoms with Crippen molar-refractivity contribution in [1.82, 2.24) is 0 Å². The molecule has 0 bridgehead atoms. The van der Waals surface area contributed by atoms with E-state index in [0.717, 1.165) is 18.5 Å². The first-order valence-electron chi connectivity index (χ1n) is 7.33. The molecular formula is C16H25NO3S. The summed E-state index contributed by atoms with van der Waals surface area (Å²) < 4.78 is 16.1. The maximum absolute atomic E-state index is 11.9. The second kappa shape index (κ2) is 8.95. The van der Waals surface area contributed by atoms with Gasteiger partial charge in [-0.2, -0.15) is 0 Å². The normalized spacial score (nSPS) is 13.6. The van der Waals surface area contributed by atoms with Crippen LogP contribution in [-0.2, 0) is 33.5 Å². The zero-order valence-corrected chi connectivity index (χ0v) is 14.1. The third-order valence-electron chi connectivity index (χ3n) is 3.33. The first-order chi connectivity index (χ1) is 9.99. The molecule has 1 N–H and O–H groups in total. The highest BCUT2D eigenvalue weighted by Crippen LogP contribution is 2.23. The van der Waals surface area contributed by atoms with E-state index in [9.17, 15) is 9.35 Å². The summed E-state index contributed by atoms with van der Waals surface area (Å²) in [7, 11) is 0. The molecule has 118 valence electrons. The van der Waals surface area contributed by atoms with Crippen LogP contribution in [0.15, 0.2) is 18.2 Å². The second-order valence-corrected chi connectivity index (χ2v) is 6.52. The maximum atomic E-state index is 11.9. The highest BCUT2D eigenvalue weighted by atomic mass is 32.2. The van der Waals surface area contributed by atoms with Gasteiger partial charge in [0.05, 0.1) is 6.26 Å². The van der Waals surface area contributed by atoms with E-state index in [1.165, 1.54) is 11.1 Å². The summed E-state index contributed by atoms with van der Waals surface area (Å²) in [5.41, 5.74) is 3.43. The lowest BCUT2D eigenvalue weighted by Gasteiger charge is -2.19. The summed E-state index contributed by atoms with van der Waals surface area (Å²) in [5, 5.41) is 3.27. The molecule has 0 fully saturated rings. The third-order valence-corrected chi connectivity index (χ3v) is 4.07. The first-order valence-corrected chi connectivity index (χ1v) is 9.06. The fourth-order valence-corrected chi connectivity index (χ4v) is 2.41. The molecule has 1 aromatic carbocycles. The van der Waals surface area contributed by atoms with E-state index in [1.807, 2.05) is 6.07 Å². The van der Waals surface area contributed by atoms with Gasteiger partial charge in [0.2, 0.25) is 0 Å². The van der Waals surface area contributed by atoms with Crippen molar-refractivity contribution in [3.8, 4) is 0 Å². The minimum absolute atomic E-state index is 0.198. The van der Waals surface area contributed by atoms with Crippen molar-refractivity contribution in [3.63, 3.8) is 0 Å². The predicted octanol–water partition coefficient (Wildman–Crippen LogP) is 2.53. The summed E-state index contributed by atoms with van der Waals surface area (Å²) in [5.74, 6) is 0.0675. The largest absolute Gasteiger partial charge is 0.616 e. The van der Waals surface area contributed by atoms with Gasteiger partial charge < -0.3 is 14.6 Å². The Hall–Kier alpha value is -1.20. The highest BCUT2D eigenvalue weighted by Gasteiger charge is 2.17. The molecule has 0 aliphatic carbocycles. The fraction of sp³-hybridized carbons (Fsp3) is 0.562. The number of esters is 1. The molecule has 1 aromatic rings. The summed E-state index contributed by atoms with van der Waals surface area (Å²) in [6, 6.07) is 5.76. The zero-order chi connectivity index (χ0) is 15.8. The Bertz CT molecular complexity index is 441. The average Bonchev–Trinajstić information content (AvgIpc) is 2.46. The minimum Gasteiger partial charge on any atom is -0.616 e. The standard InChI is InChI=1S/C16H25NO3S/c1-5-13-8-7-9-14(6-2)15(13)17-12(3)16(18)20-10-11-21(4)19/h7-9,12,17H,5-6,10-11H2,1-4H3/t12-,21?/m0/s1. The molecule has 2 atom stereocenters. The average molecular weight is 311 g/mol. The Kier molecular flexibility index (Phi) is 7.61. The van der Waals surface area contributed by atoms with Gasteiger partial charge in [-0.05, 0) is 30.9 Å². The lowest BCUT2D eigenvalue weighted by atomic mass is 10.0. The topological polar surface area (TPSA) is 61.4 Å². The molecule has 0 heterocycles. The van der Waals surface area contributed by atoms with Gasteiger partial charge in [0.25, 0.3) is 0 Å². The Morgan fingerprint density at radius 2 is 1.90 bits per heavy atom. The molecule has 0 aliphatic heterocycles. The van der Waals surface area contributed by atoms with E-state index in [-0.39, 0.29) is 12.6 Å². The maximum Gasteiger partial charge on any atom is 0.328 e. The molecule has 21 heavy (non-hydrogen) atoms. The van der Waals surface area contributed by atoms with E-state index >= 15 is 0 Å². The van der Waals surface area contributed by atoms with Crippen LogP contribution in [0.1, 0.15) is 31.9 Å². The Morgan fingerprint density at radius 3 is 2.38 bits per heavy atom. The number of para-hydroxylation sites is 1. The number of benzene rings is 1. The van der Waals surface area contributed by atoms with Crippen LogP contribution in [0.2, 0.25) is 0 Å². The number of ether oxygens (including phenoxy) is 1. The van der Waals surface area contributed by atoms with E-state index in [1.54, 1.807) is 13.2 Å². The highest BCUT2D eigenvalue weighted by molar-refractivity contribution is 7.90. The van der Waals surface area contributed by atoms with Gasteiger partial charge in [0.1, 0.15) is 18.4 Å². The van der Waals surface area contributed by atoms with Crippen LogP contribution in [0, 0.1) is 0 Å². The Balaban J connectivity index is 2.69. The monoisotopic (exact) mass is 311 g/mol. The molecule has 0 radical (unpaired) electrons. The van der Waals surface area contributed by atoms with E-state index in [0.29, 0.717) is 5.75 Å². The second-order valence-electron chi connectivity index (χ2n) is 4.97. The van der Waals surface area contributed by atoms with Crippen LogP contribution in [-0.4, -0.2) is 35.2 Å². The van der Waals surface area contributed by atoms with Gasteiger partial charge >= 0.3 is 5.97 Å². The summed E-state index contributed by atoms with van der Waals surface area (Å²) >= 11 is -0.941. The van der Waals surface area contributed by atoms with E-state index < -0.39 is 17.2 Å². The SMILES string of the molecule is CCc1cccc(CC)c1N[C@@H](C)C(=O)OCC[S+](C)[O-]. The number of hydrogen-bond donors (Lipinski definition) is 1. The number of nitrogens with one attached hydrogen (secondary N) is 1. The molecule has 0 saturated heterocycles.